The van der Waals surface area contributed by atoms with E-state index in [0.717, 1.165) is 24.2 Å². The molecule has 1 aromatic carbocycles. The third-order valence-electron chi connectivity index (χ3n) is 5.68. The summed E-state index contributed by atoms with van der Waals surface area (Å²) >= 11 is 0. The van der Waals surface area contributed by atoms with Crippen molar-refractivity contribution in [2.24, 2.45) is 5.92 Å². The largest absolute Gasteiger partial charge is 0.342 e. The number of hydrogen-bond acceptors (Lipinski definition) is 4. The van der Waals surface area contributed by atoms with E-state index in [1.165, 1.54) is 0 Å². The van der Waals surface area contributed by atoms with Gasteiger partial charge in [-0.15, -0.1) is 0 Å². The average molecular weight is 380 g/mol. The van der Waals surface area contributed by atoms with Crippen molar-refractivity contribution in [2.45, 2.75) is 32.1 Å². The molecule has 1 atom stereocenters. The lowest BCUT2D eigenvalue weighted by Crippen LogP contribution is -2.44. The first kappa shape index (κ1) is 18.4. The first-order chi connectivity index (χ1) is 13.5. The standard InChI is InChI=1S/C21H24N4O3/c1-14-22-18(13-19(26)23-14)15-7-10-24(11-8-15)20(27)17-9-12-25(21(17)28)16-5-3-2-4-6-16/h2-6,13,15,17H,7-12H2,1H3,(H,22,23,26). The summed E-state index contributed by atoms with van der Waals surface area (Å²) in [5, 5.41) is 0. The minimum Gasteiger partial charge on any atom is -0.342 e. The monoisotopic (exact) mass is 380 g/mol. The van der Waals surface area contributed by atoms with Gasteiger partial charge in [0.05, 0.1) is 5.69 Å². The molecule has 4 rings (SSSR count). The second kappa shape index (κ2) is 7.58. The highest BCUT2D eigenvalue weighted by atomic mass is 16.2. The molecule has 1 aromatic heterocycles. The van der Waals surface area contributed by atoms with Gasteiger partial charge in [-0.1, -0.05) is 18.2 Å². The van der Waals surface area contributed by atoms with Crippen LogP contribution in [-0.2, 0) is 9.59 Å². The van der Waals surface area contributed by atoms with Crippen LogP contribution >= 0.6 is 0 Å². The minimum atomic E-state index is -0.586. The zero-order chi connectivity index (χ0) is 19.7. The van der Waals surface area contributed by atoms with Gasteiger partial charge in [-0.25, -0.2) is 4.98 Å². The molecule has 0 spiro atoms. The molecule has 2 aliphatic heterocycles. The van der Waals surface area contributed by atoms with Crippen LogP contribution in [0, 0.1) is 12.8 Å². The average Bonchev–Trinajstić information content (AvgIpc) is 3.09. The molecule has 3 heterocycles. The van der Waals surface area contributed by atoms with Crippen molar-refractivity contribution >= 4 is 17.5 Å². The Balaban J connectivity index is 1.39. The number of hydrogen-bond donors (Lipinski definition) is 1. The number of aryl methyl sites for hydroxylation is 1. The van der Waals surface area contributed by atoms with E-state index >= 15 is 0 Å². The summed E-state index contributed by atoms with van der Waals surface area (Å²) in [6.45, 7) is 3.53. The number of aromatic nitrogens is 2. The molecule has 28 heavy (non-hydrogen) atoms. The van der Waals surface area contributed by atoms with E-state index in [4.69, 9.17) is 0 Å². The quantitative estimate of drug-likeness (QED) is 0.823. The number of carbonyl (C=O) groups is 2. The highest BCUT2D eigenvalue weighted by molar-refractivity contribution is 6.09. The summed E-state index contributed by atoms with van der Waals surface area (Å²) in [4.78, 5) is 48.0. The van der Waals surface area contributed by atoms with Gasteiger partial charge in [-0.05, 0) is 38.3 Å². The summed E-state index contributed by atoms with van der Waals surface area (Å²) in [6.07, 6.45) is 2.07. The lowest BCUT2D eigenvalue weighted by molar-refractivity contribution is -0.140. The Hall–Kier alpha value is -2.96. The highest BCUT2D eigenvalue weighted by Crippen LogP contribution is 2.30. The summed E-state index contributed by atoms with van der Waals surface area (Å²) in [6, 6.07) is 11.0. The Morgan fingerprint density at radius 1 is 1.07 bits per heavy atom. The predicted octanol–water partition coefficient (Wildman–Crippen LogP) is 1.84. The molecule has 146 valence electrons. The van der Waals surface area contributed by atoms with Crippen LogP contribution in [0.2, 0.25) is 0 Å². The number of carbonyl (C=O) groups excluding carboxylic acids is 2. The summed E-state index contributed by atoms with van der Waals surface area (Å²) in [5.41, 5.74) is 1.50. The Bertz CT molecular complexity index is 932. The zero-order valence-corrected chi connectivity index (χ0v) is 15.9. The van der Waals surface area contributed by atoms with E-state index in [0.29, 0.717) is 31.9 Å². The molecule has 0 saturated carbocycles. The minimum absolute atomic E-state index is 0.0723. The molecule has 1 N–H and O–H groups in total. The van der Waals surface area contributed by atoms with Gasteiger partial charge in [0.15, 0.2) is 0 Å². The van der Waals surface area contributed by atoms with Crippen LogP contribution in [0.25, 0.3) is 0 Å². The lowest BCUT2D eigenvalue weighted by Gasteiger charge is -2.33. The third-order valence-corrected chi connectivity index (χ3v) is 5.68. The molecule has 7 nitrogen and oxygen atoms in total. The van der Waals surface area contributed by atoms with Gasteiger partial charge in [-0.3, -0.25) is 14.4 Å². The number of benzene rings is 1. The number of anilines is 1. The topological polar surface area (TPSA) is 86.4 Å². The molecule has 2 aliphatic rings. The van der Waals surface area contributed by atoms with Gasteiger partial charge < -0.3 is 14.8 Å². The van der Waals surface area contributed by atoms with Crippen molar-refractivity contribution in [3.05, 3.63) is 58.3 Å². The molecule has 0 aliphatic carbocycles. The van der Waals surface area contributed by atoms with E-state index in [1.54, 1.807) is 22.8 Å². The number of nitrogens with one attached hydrogen (secondary N) is 1. The maximum Gasteiger partial charge on any atom is 0.251 e. The molecular weight excluding hydrogens is 356 g/mol. The molecular formula is C21H24N4O3. The molecule has 7 heteroatoms. The summed E-state index contributed by atoms with van der Waals surface area (Å²) < 4.78 is 0. The van der Waals surface area contributed by atoms with Crippen molar-refractivity contribution in [1.29, 1.82) is 0 Å². The van der Waals surface area contributed by atoms with Crippen LogP contribution in [0.4, 0.5) is 5.69 Å². The van der Waals surface area contributed by atoms with Gasteiger partial charge in [0, 0.05) is 37.3 Å². The number of rotatable bonds is 3. The van der Waals surface area contributed by atoms with Crippen molar-refractivity contribution in [3.63, 3.8) is 0 Å². The van der Waals surface area contributed by atoms with Crippen LogP contribution in [0.15, 0.2) is 41.2 Å². The van der Waals surface area contributed by atoms with Gasteiger partial charge in [0.25, 0.3) is 5.56 Å². The lowest BCUT2D eigenvalue weighted by atomic mass is 9.92. The van der Waals surface area contributed by atoms with Gasteiger partial charge >= 0.3 is 0 Å². The number of likely N-dealkylation sites (tertiary alicyclic amines) is 1. The summed E-state index contributed by atoms with van der Waals surface area (Å²) in [5.74, 6) is 0.0162. The van der Waals surface area contributed by atoms with E-state index in [1.807, 2.05) is 30.3 Å². The molecule has 1 unspecified atom stereocenters. The van der Waals surface area contributed by atoms with Crippen LogP contribution in [-0.4, -0.2) is 46.3 Å². The predicted molar refractivity (Wildman–Crippen MR) is 105 cm³/mol. The maximum atomic E-state index is 12.9. The fraction of sp³-hybridized carbons (Fsp3) is 0.429. The Kier molecular flexibility index (Phi) is 4.98. The SMILES string of the molecule is Cc1nc(C2CCN(C(=O)C3CCN(c4ccccc4)C3=O)CC2)cc(=O)[nH]1. The number of nitrogens with zero attached hydrogens (tertiary/aromatic N) is 3. The summed E-state index contributed by atoms with van der Waals surface area (Å²) in [7, 11) is 0. The van der Waals surface area contributed by atoms with Gasteiger partial charge in [0.1, 0.15) is 11.7 Å². The Morgan fingerprint density at radius 3 is 2.46 bits per heavy atom. The van der Waals surface area contributed by atoms with Crippen molar-refractivity contribution in [1.82, 2.24) is 14.9 Å². The molecule has 0 radical (unpaired) electrons. The second-order valence-corrected chi connectivity index (χ2v) is 7.52. The van der Waals surface area contributed by atoms with Crippen LogP contribution in [0.1, 0.15) is 36.7 Å². The highest BCUT2D eigenvalue weighted by Gasteiger charge is 2.40. The molecule has 2 aromatic rings. The number of amides is 2. The zero-order valence-electron chi connectivity index (χ0n) is 15.9. The van der Waals surface area contributed by atoms with Crippen molar-refractivity contribution in [2.75, 3.05) is 24.5 Å². The first-order valence-electron chi connectivity index (χ1n) is 9.76. The fourth-order valence-corrected chi connectivity index (χ4v) is 4.20. The van der Waals surface area contributed by atoms with E-state index in [9.17, 15) is 14.4 Å². The number of para-hydroxylation sites is 1. The number of aromatic amines is 1. The van der Waals surface area contributed by atoms with Gasteiger partial charge in [-0.2, -0.15) is 0 Å². The first-order valence-corrected chi connectivity index (χ1v) is 9.76. The Labute approximate surface area is 163 Å². The molecule has 2 amide bonds. The normalized spacial score (nSPS) is 20.6. The Morgan fingerprint density at radius 2 is 1.79 bits per heavy atom. The van der Waals surface area contributed by atoms with Crippen LogP contribution < -0.4 is 10.5 Å². The van der Waals surface area contributed by atoms with E-state index < -0.39 is 5.92 Å². The van der Waals surface area contributed by atoms with E-state index in [2.05, 4.69) is 9.97 Å². The maximum absolute atomic E-state index is 12.9. The van der Waals surface area contributed by atoms with Crippen LogP contribution in [0.5, 0.6) is 0 Å². The van der Waals surface area contributed by atoms with E-state index in [-0.39, 0.29) is 23.3 Å². The van der Waals surface area contributed by atoms with Crippen LogP contribution in [0.3, 0.4) is 0 Å². The number of H-pyrrole nitrogens is 1. The van der Waals surface area contributed by atoms with Gasteiger partial charge in [0.2, 0.25) is 11.8 Å². The fourth-order valence-electron chi connectivity index (χ4n) is 4.20. The second-order valence-electron chi connectivity index (χ2n) is 7.52. The smallest absolute Gasteiger partial charge is 0.251 e. The third kappa shape index (κ3) is 3.56. The van der Waals surface area contributed by atoms with Crippen molar-refractivity contribution < 1.29 is 9.59 Å². The molecule has 2 saturated heterocycles. The van der Waals surface area contributed by atoms with Crippen molar-refractivity contribution in [3.8, 4) is 0 Å². The number of piperidine rings is 1. The molecule has 2 fully saturated rings. The molecule has 0 bridgehead atoms.